The Morgan fingerprint density at radius 3 is 2.93 bits per heavy atom. The van der Waals surface area contributed by atoms with Gasteiger partial charge in [-0.3, -0.25) is 24.2 Å². The average Bonchev–Trinajstić information content (AvgIpc) is 3.47. The smallest absolute Gasteiger partial charge is 0.225 e. The lowest BCUT2D eigenvalue weighted by Gasteiger charge is -2.14. The Hall–Kier alpha value is -3.07. The van der Waals surface area contributed by atoms with Gasteiger partial charge in [-0.15, -0.1) is 11.3 Å². The Kier molecular flexibility index (Phi) is 5.66. The lowest BCUT2D eigenvalue weighted by atomic mass is 10.1. The van der Waals surface area contributed by atoms with Crippen molar-refractivity contribution < 1.29 is 9.59 Å². The molecule has 1 saturated heterocycles. The van der Waals surface area contributed by atoms with E-state index in [4.69, 9.17) is 0 Å². The summed E-state index contributed by atoms with van der Waals surface area (Å²) in [4.78, 5) is 35.7. The molecule has 0 spiro atoms. The number of amides is 2. The van der Waals surface area contributed by atoms with Crippen molar-refractivity contribution >= 4 is 23.2 Å². The lowest BCUT2D eigenvalue weighted by Crippen LogP contribution is -2.34. The standard InChI is InChI=1S/C20H22N6O2S/c1-2-25-13-14(10-18(25)27)20(28)23-7-8-26-19(17-4-3-9-29-17)15(11-24-26)16-12-21-5-6-22-16/h3-6,9,11-12,14H,2,7-8,10,13H2,1H3,(H,23,28)/t14-/m1/s1. The summed E-state index contributed by atoms with van der Waals surface area (Å²) in [6.45, 7) is 4.04. The number of carbonyl (C=O) groups excluding carboxylic acids is 2. The van der Waals surface area contributed by atoms with Gasteiger partial charge in [-0.25, -0.2) is 0 Å². The predicted octanol–water partition coefficient (Wildman–Crippen LogP) is 2.05. The van der Waals surface area contributed by atoms with Crippen LogP contribution in [0.15, 0.2) is 42.3 Å². The van der Waals surface area contributed by atoms with Crippen LogP contribution >= 0.6 is 11.3 Å². The van der Waals surface area contributed by atoms with Crippen molar-refractivity contribution in [1.82, 2.24) is 30.0 Å². The summed E-state index contributed by atoms with van der Waals surface area (Å²) < 4.78 is 1.88. The quantitative estimate of drug-likeness (QED) is 0.644. The average molecular weight is 411 g/mol. The predicted molar refractivity (Wildman–Crippen MR) is 110 cm³/mol. The molecular weight excluding hydrogens is 388 g/mol. The van der Waals surface area contributed by atoms with Crippen LogP contribution in [0.2, 0.25) is 0 Å². The molecule has 150 valence electrons. The van der Waals surface area contributed by atoms with Crippen LogP contribution < -0.4 is 5.32 Å². The molecule has 1 atom stereocenters. The molecule has 29 heavy (non-hydrogen) atoms. The van der Waals surface area contributed by atoms with Gasteiger partial charge in [0, 0.05) is 44.0 Å². The monoisotopic (exact) mass is 410 g/mol. The number of carbonyl (C=O) groups is 2. The molecule has 0 aliphatic carbocycles. The third kappa shape index (κ3) is 4.04. The fraction of sp³-hybridized carbons (Fsp3) is 0.350. The summed E-state index contributed by atoms with van der Waals surface area (Å²) in [6, 6.07) is 4.04. The molecule has 0 radical (unpaired) electrons. The van der Waals surface area contributed by atoms with Gasteiger partial charge in [-0.1, -0.05) is 6.07 Å². The molecule has 4 rings (SSSR count). The summed E-state index contributed by atoms with van der Waals surface area (Å²) in [6.07, 6.45) is 7.10. The highest BCUT2D eigenvalue weighted by Gasteiger charge is 2.33. The highest BCUT2D eigenvalue weighted by molar-refractivity contribution is 7.13. The van der Waals surface area contributed by atoms with Crippen molar-refractivity contribution in [3.63, 3.8) is 0 Å². The minimum atomic E-state index is -0.271. The summed E-state index contributed by atoms with van der Waals surface area (Å²) in [5, 5.41) is 9.50. The van der Waals surface area contributed by atoms with Crippen LogP contribution in [0.1, 0.15) is 13.3 Å². The summed E-state index contributed by atoms with van der Waals surface area (Å²) in [7, 11) is 0. The van der Waals surface area contributed by atoms with E-state index in [2.05, 4.69) is 20.4 Å². The van der Waals surface area contributed by atoms with Crippen LogP contribution in [0.3, 0.4) is 0 Å². The molecule has 3 aromatic rings. The Labute approximate surface area is 172 Å². The molecule has 8 nitrogen and oxygen atoms in total. The number of aromatic nitrogens is 4. The van der Waals surface area contributed by atoms with E-state index in [9.17, 15) is 9.59 Å². The molecule has 1 aliphatic heterocycles. The second kappa shape index (κ2) is 8.52. The molecule has 0 aromatic carbocycles. The van der Waals surface area contributed by atoms with E-state index < -0.39 is 0 Å². The van der Waals surface area contributed by atoms with Crippen LogP contribution in [0.25, 0.3) is 21.8 Å². The first-order valence-electron chi connectivity index (χ1n) is 9.59. The second-order valence-corrected chi connectivity index (χ2v) is 7.77. The Morgan fingerprint density at radius 1 is 1.34 bits per heavy atom. The van der Waals surface area contributed by atoms with Crippen molar-refractivity contribution in [3.05, 3.63) is 42.3 Å². The Bertz CT molecular complexity index is 986. The number of likely N-dealkylation sites (tertiary alicyclic amines) is 1. The van der Waals surface area contributed by atoms with E-state index in [1.165, 1.54) is 0 Å². The van der Waals surface area contributed by atoms with Gasteiger partial charge in [0.2, 0.25) is 11.8 Å². The first-order valence-corrected chi connectivity index (χ1v) is 10.5. The van der Waals surface area contributed by atoms with Crippen molar-refractivity contribution in [2.45, 2.75) is 19.9 Å². The molecule has 2 amide bonds. The fourth-order valence-corrected chi connectivity index (χ4v) is 4.32. The topological polar surface area (TPSA) is 93.0 Å². The molecular formula is C20H22N6O2S. The van der Waals surface area contributed by atoms with Gasteiger partial charge >= 0.3 is 0 Å². The maximum Gasteiger partial charge on any atom is 0.225 e. The number of rotatable bonds is 7. The van der Waals surface area contributed by atoms with Crippen LogP contribution in [0.4, 0.5) is 0 Å². The van der Waals surface area contributed by atoms with Crippen molar-refractivity contribution in [1.29, 1.82) is 0 Å². The summed E-state index contributed by atoms with van der Waals surface area (Å²) in [5.74, 6) is -0.298. The molecule has 1 fully saturated rings. The highest BCUT2D eigenvalue weighted by atomic mass is 32.1. The first kappa shape index (κ1) is 19.3. The molecule has 9 heteroatoms. The molecule has 0 unspecified atom stereocenters. The minimum absolute atomic E-state index is 0.0494. The van der Waals surface area contributed by atoms with E-state index >= 15 is 0 Å². The number of thiophene rings is 1. The van der Waals surface area contributed by atoms with Gasteiger partial charge in [0.05, 0.1) is 41.1 Å². The molecule has 4 heterocycles. The summed E-state index contributed by atoms with van der Waals surface area (Å²) >= 11 is 1.63. The van der Waals surface area contributed by atoms with Crippen LogP contribution in [-0.2, 0) is 16.1 Å². The number of hydrogen-bond acceptors (Lipinski definition) is 6. The van der Waals surface area contributed by atoms with E-state index in [-0.39, 0.29) is 17.7 Å². The van der Waals surface area contributed by atoms with E-state index in [1.54, 1.807) is 41.0 Å². The van der Waals surface area contributed by atoms with Crippen molar-refractivity contribution in [3.8, 4) is 21.8 Å². The van der Waals surface area contributed by atoms with Crippen molar-refractivity contribution in [2.24, 2.45) is 5.92 Å². The fourth-order valence-electron chi connectivity index (χ4n) is 3.54. The first-order chi connectivity index (χ1) is 14.2. The van der Waals surface area contributed by atoms with Crippen LogP contribution in [0, 0.1) is 5.92 Å². The van der Waals surface area contributed by atoms with Crippen LogP contribution in [0.5, 0.6) is 0 Å². The number of nitrogens with one attached hydrogen (secondary N) is 1. The third-order valence-corrected chi connectivity index (χ3v) is 5.90. The molecule has 1 N–H and O–H groups in total. The maximum atomic E-state index is 12.4. The van der Waals surface area contributed by atoms with Gasteiger partial charge in [-0.05, 0) is 18.4 Å². The molecule has 1 aliphatic rings. The molecule has 0 bridgehead atoms. The Morgan fingerprint density at radius 2 is 2.24 bits per heavy atom. The van der Waals surface area contributed by atoms with Gasteiger partial charge in [0.25, 0.3) is 0 Å². The molecule has 0 saturated carbocycles. The highest BCUT2D eigenvalue weighted by Crippen LogP contribution is 2.33. The van der Waals surface area contributed by atoms with Crippen molar-refractivity contribution in [2.75, 3.05) is 19.6 Å². The largest absolute Gasteiger partial charge is 0.354 e. The van der Waals surface area contributed by atoms with E-state index in [0.29, 0.717) is 32.6 Å². The van der Waals surface area contributed by atoms with E-state index in [0.717, 1.165) is 21.8 Å². The van der Waals surface area contributed by atoms with Crippen LogP contribution in [-0.4, -0.2) is 56.1 Å². The zero-order chi connectivity index (χ0) is 20.2. The molecule has 3 aromatic heterocycles. The second-order valence-electron chi connectivity index (χ2n) is 6.82. The van der Waals surface area contributed by atoms with Gasteiger partial charge in [-0.2, -0.15) is 5.10 Å². The normalized spacial score (nSPS) is 16.4. The SMILES string of the molecule is CCN1C[C@H](C(=O)NCCn2ncc(-c3cnccn3)c2-c2cccs2)CC1=O. The lowest BCUT2D eigenvalue weighted by molar-refractivity contribution is -0.128. The third-order valence-electron chi connectivity index (χ3n) is 5.02. The van der Waals surface area contributed by atoms with Gasteiger partial charge < -0.3 is 10.2 Å². The zero-order valence-electron chi connectivity index (χ0n) is 16.1. The zero-order valence-corrected chi connectivity index (χ0v) is 16.9. The van der Waals surface area contributed by atoms with E-state index in [1.807, 2.05) is 29.1 Å². The summed E-state index contributed by atoms with van der Waals surface area (Å²) in [5.41, 5.74) is 2.63. The Balaban J connectivity index is 1.46. The minimum Gasteiger partial charge on any atom is -0.354 e. The number of nitrogens with zero attached hydrogens (tertiary/aromatic N) is 5. The maximum absolute atomic E-state index is 12.4. The van der Waals surface area contributed by atoms with Gasteiger partial charge in [0.1, 0.15) is 0 Å². The number of hydrogen-bond donors (Lipinski definition) is 1. The van der Waals surface area contributed by atoms with Gasteiger partial charge in [0.15, 0.2) is 0 Å².